The number of nitrogens with zero attached hydrogens (tertiary/aromatic N) is 3. The van der Waals surface area contributed by atoms with E-state index >= 15 is 0 Å². The minimum absolute atomic E-state index is 0.227. The summed E-state index contributed by atoms with van der Waals surface area (Å²) in [6.45, 7) is 3.45. The Morgan fingerprint density at radius 1 is 1.34 bits per heavy atom. The fraction of sp³-hybridized carbons (Fsp3) is 0.333. The highest BCUT2D eigenvalue weighted by Crippen LogP contribution is 2.38. The average Bonchev–Trinajstić information content (AvgIpc) is 3.18. The van der Waals surface area contributed by atoms with Crippen LogP contribution in [-0.4, -0.2) is 33.1 Å². The number of halogens is 4. The zero-order valence-corrected chi connectivity index (χ0v) is 16.4. The van der Waals surface area contributed by atoms with Crippen molar-refractivity contribution < 1.29 is 18.0 Å². The number of aromatic nitrogens is 2. The van der Waals surface area contributed by atoms with Gasteiger partial charge in [0.15, 0.2) is 0 Å². The molecule has 1 aliphatic heterocycles. The lowest BCUT2D eigenvalue weighted by Crippen LogP contribution is -2.53. The molecule has 2 heterocycles. The molecule has 0 aliphatic carbocycles. The zero-order chi connectivity index (χ0) is 21.5. The summed E-state index contributed by atoms with van der Waals surface area (Å²) in [7, 11) is 0. The Labute approximate surface area is 170 Å². The van der Waals surface area contributed by atoms with Crippen molar-refractivity contribution >= 4 is 23.3 Å². The molecule has 5 N–H and O–H groups in total. The van der Waals surface area contributed by atoms with Crippen molar-refractivity contribution in [2.45, 2.75) is 38.5 Å². The van der Waals surface area contributed by atoms with Gasteiger partial charge in [-0.1, -0.05) is 17.7 Å². The van der Waals surface area contributed by atoms with Gasteiger partial charge < -0.3 is 10.6 Å². The Balaban J connectivity index is 1.96. The summed E-state index contributed by atoms with van der Waals surface area (Å²) in [5.41, 5.74) is 5.89. The Hall–Kier alpha value is -2.72. The van der Waals surface area contributed by atoms with Gasteiger partial charge in [0.1, 0.15) is 5.82 Å². The number of carbonyl (C=O) groups excluding carboxylic acids is 1. The van der Waals surface area contributed by atoms with E-state index in [9.17, 15) is 18.0 Å². The van der Waals surface area contributed by atoms with Gasteiger partial charge in [-0.3, -0.25) is 14.9 Å². The number of hydrazine groups is 1. The van der Waals surface area contributed by atoms with Crippen molar-refractivity contribution in [3.05, 3.63) is 58.0 Å². The molecule has 0 unspecified atom stereocenters. The molecular weight excluding hydrogens is 409 g/mol. The average molecular weight is 429 g/mol. The first-order valence-corrected chi connectivity index (χ1v) is 9.13. The van der Waals surface area contributed by atoms with Crippen LogP contribution in [0.1, 0.15) is 36.2 Å². The molecule has 7 nitrogen and oxygen atoms in total. The van der Waals surface area contributed by atoms with Crippen LogP contribution in [0.5, 0.6) is 0 Å². The van der Waals surface area contributed by atoms with Crippen LogP contribution in [0.15, 0.2) is 41.9 Å². The number of nitrogens with one attached hydrogen (secondary N) is 1. The van der Waals surface area contributed by atoms with Crippen LogP contribution < -0.4 is 16.6 Å². The number of aromatic amines is 1. The molecule has 0 fully saturated rings. The predicted molar refractivity (Wildman–Crippen MR) is 103 cm³/mol. The van der Waals surface area contributed by atoms with E-state index in [1.165, 1.54) is 22.2 Å². The molecule has 0 bridgehead atoms. The SMILES string of the molecule is C[C@H]1CC(N(N)c2ccn[nH]2)=C(N)[C@H](C)N1C(=O)c1cccc(C(F)(F)F)c1Cl. The summed E-state index contributed by atoms with van der Waals surface area (Å²) in [6.07, 6.45) is -2.83. The van der Waals surface area contributed by atoms with E-state index in [4.69, 9.17) is 23.2 Å². The highest BCUT2D eigenvalue weighted by atomic mass is 35.5. The van der Waals surface area contributed by atoms with Gasteiger partial charge in [-0.25, -0.2) is 5.84 Å². The molecular formula is C18H20ClF3N6O. The molecule has 2 aromatic rings. The number of hydrogen-bond acceptors (Lipinski definition) is 5. The van der Waals surface area contributed by atoms with Crippen LogP contribution in [0, 0.1) is 0 Å². The van der Waals surface area contributed by atoms with Crippen molar-refractivity contribution in [2.75, 3.05) is 5.01 Å². The molecule has 1 aromatic carbocycles. The van der Waals surface area contributed by atoms with Gasteiger partial charge in [0.2, 0.25) is 0 Å². The Bertz CT molecular complexity index is 944. The van der Waals surface area contributed by atoms with Gasteiger partial charge in [0.05, 0.1) is 39.8 Å². The third-order valence-corrected chi connectivity index (χ3v) is 5.38. The fourth-order valence-corrected chi connectivity index (χ4v) is 3.78. The number of benzene rings is 1. The van der Waals surface area contributed by atoms with Gasteiger partial charge in [-0.15, -0.1) is 0 Å². The number of H-pyrrole nitrogens is 1. The van der Waals surface area contributed by atoms with Crippen LogP contribution in [0.25, 0.3) is 0 Å². The van der Waals surface area contributed by atoms with Crippen LogP contribution >= 0.6 is 11.6 Å². The third-order valence-electron chi connectivity index (χ3n) is 4.97. The molecule has 2 atom stereocenters. The maximum absolute atomic E-state index is 13.2. The monoisotopic (exact) mass is 428 g/mol. The Morgan fingerprint density at radius 3 is 2.62 bits per heavy atom. The number of amides is 1. The van der Waals surface area contributed by atoms with Crippen molar-refractivity contribution in [3.8, 4) is 0 Å². The first-order valence-electron chi connectivity index (χ1n) is 8.75. The lowest BCUT2D eigenvalue weighted by atomic mass is 9.96. The standard InChI is InChI=1S/C18H20ClF3N6O/c1-9-8-13(28(24)14-6-7-25-26-14)16(23)10(2)27(9)17(29)11-4-3-5-12(15(11)19)18(20,21)22/h3-7,9-10H,8,23-24H2,1-2H3,(H,25,26)/t9-,10-/m0/s1. The minimum Gasteiger partial charge on any atom is -0.399 e. The summed E-state index contributed by atoms with van der Waals surface area (Å²) in [5.74, 6) is 6.01. The first kappa shape index (κ1) is 21.0. The molecule has 1 amide bonds. The van der Waals surface area contributed by atoms with Crippen LogP contribution in [0.4, 0.5) is 19.0 Å². The smallest absolute Gasteiger partial charge is 0.399 e. The number of alkyl halides is 3. The summed E-state index contributed by atoms with van der Waals surface area (Å²) < 4.78 is 39.5. The molecule has 0 saturated heterocycles. The number of hydrogen-bond donors (Lipinski definition) is 3. The molecule has 3 rings (SSSR count). The summed E-state index contributed by atoms with van der Waals surface area (Å²) in [6, 6.07) is 3.93. The number of nitrogens with two attached hydrogens (primary N) is 2. The van der Waals surface area contributed by atoms with E-state index in [1.807, 2.05) is 0 Å². The highest BCUT2D eigenvalue weighted by Gasteiger charge is 2.39. The topological polar surface area (TPSA) is 104 Å². The molecule has 0 saturated carbocycles. The second-order valence-electron chi connectivity index (χ2n) is 6.82. The van der Waals surface area contributed by atoms with E-state index in [2.05, 4.69) is 10.2 Å². The van der Waals surface area contributed by atoms with E-state index in [1.54, 1.807) is 19.9 Å². The number of carbonyl (C=O) groups is 1. The van der Waals surface area contributed by atoms with Crippen LogP contribution in [-0.2, 0) is 6.18 Å². The van der Waals surface area contributed by atoms with Gasteiger partial charge in [0.25, 0.3) is 5.91 Å². The van der Waals surface area contributed by atoms with Crippen LogP contribution in [0.2, 0.25) is 5.02 Å². The molecule has 11 heteroatoms. The second kappa shape index (κ2) is 7.60. The maximum Gasteiger partial charge on any atom is 0.417 e. The van der Waals surface area contributed by atoms with E-state index in [-0.39, 0.29) is 11.6 Å². The summed E-state index contributed by atoms with van der Waals surface area (Å²) >= 11 is 5.94. The first-order chi connectivity index (χ1) is 13.5. The van der Waals surface area contributed by atoms with Gasteiger partial charge >= 0.3 is 6.18 Å². The fourth-order valence-electron chi connectivity index (χ4n) is 3.47. The van der Waals surface area contributed by atoms with Crippen molar-refractivity contribution in [3.63, 3.8) is 0 Å². The van der Waals surface area contributed by atoms with Crippen LogP contribution in [0.3, 0.4) is 0 Å². The quantitative estimate of drug-likeness (QED) is 0.514. The van der Waals surface area contributed by atoms with Crippen molar-refractivity contribution in [2.24, 2.45) is 11.6 Å². The van der Waals surface area contributed by atoms with E-state index in [0.29, 0.717) is 23.6 Å². The third kappa shape index (κ3) is 3.77. The van der Waals surface area contributed by atoms with Crippen molar-refractivity contribution in [1.82, 2.24) is 15.1 Å². The summed E-state index contributed by atoms with van der Waals surface area (Å²) in [5, 5.41) is 7.30. The summed E-state index contributed by atoms with van der Waals surface area (Å²) in [4.78, 5) is 14.5. The largest absolute Gasteiger partial charge is 0.417 e. The lowest BCUT2D eigenvalue weighted by Gasteiger charge is -2.42. The predicted octanol–water partition coefficient (Wildman–Crippen LogP) is 3.26. The van der Waals surface area contributed by atoms with Crippen molar-refractivity contribution in [1.29, 1.82) is 0 Å². The highest BCUT2D eigenvalue weighted by molar-refractivity contribution is 6.34. The zero-order valence-electron chi connectivity index (χ0n) is 15.7. The second-order valence-corrected chi connectivity index (χ2v) is 7.20. The Morgan fingerprint density at radius 2 is 2.03 bits per heavy atom. The normalized spacial score (nSPS) is 20.2. The van der Waals surface area contributed by atoms with Gasteiger partial charge in [-0.05, 0) is 26.0 Å². The molecule has 0 spiro atoms. The maximum atomic E-state index is 13.2. The minimum atomic E-state index is -4.66. The molecule has 156 valence electrons. The van der Waals surface area contributed by atoms with Gasteiger partial charge in [0, 0.05) is 18.5 Å². The number of rotatable bonds is 3. The van der Waals surface area contributed by atoms with E-state index < -0.39 is 28.7 Å². The lowest BCUT2D eigenvalue weighted by molar-refractivity contribution is -0.137. The molecule has 29 heavy (non-hydrogen) atoms. The van der Waals surface area contributed by atoms with E-state index in [0.717, 1.165) is 12.1 Å². The number of anilines is 1. The molecule has 1 aromatic heterocycles. The Kier molecular flexibility index (Phi) is 5.50. The molecule has 0 radical (unpaired) electrons. The molecule has 1 aliphatic rings. The van der Waals surface area contributed by atoms with Gasteiger partial charge in [-0.2, -0.15) is 18.3 Å².